The molecule has 14 heavy (non-hydrogen) atoms. The Kier molecular flexibility index (Phi) is 5.53. The van der Waals surface area contributed by atoms with Gasteiger partial charge in [-0.05, 0) is 41.3 Å². The molecule has 0 fully saturated rings. The molecule has 1 N–H and O–H groups in total. The minimum Gasteiger partial charge on any atom is -0.315 e. The van der Waals surface area contributed by atoms with Crippen molar-refractivity contribution in [3.63, 3.8) is 0 Å². The molecule has 1 atom stereocenters. The van der Waals surface area contributed by atoms with E-state index < -0.39 is 0 Å². The predicted octanol–water partition coefficient (Wildman–Crippen LogP) is 3.14. The second-order valence-electron chi connectivity index (χ2n) is 3.85. The lowest BCUT2D eigenvalue weighted by Gasteiger charge is -2.13. The summed E-state index contributed by atoms with van der Waals surface area (Å²) in [6.45, 7) is 6.23. The number of nitrogens with one attached hydrogen (secondary N) is 1. The van der Waals surface area contributed by atoms with Gasteiger partial charge in [-0.1, -0.05) is 13.8 Å². The summed E-state index contributed by atoms with van der Waals surface area (Å²) in [6.07, 6.45) is 1.10. The summed E-state index contributed by atoms with van der Waals surface area (Å²) in [5, 5.41) is 7.94. The number of rotatable bonds is 6. The van der Waals surface area contributed by atoms with E-state index in [0.717, 1.165) is 19.5 Å². The van der Waals surface area contributed by atoms with E-state index in [1.165, 1.54) is 5.56 Å². The van der Waals surface area contributed by atoms with Gasteiger partial charge in [0.2, 0.25) is 0 Å². The van der Waals surface area contributed by atoms with Gasteiger partial charge in [-0.3, -0.25) is 0 Å². The van der Waals surface area contributed by atoms with Crippen LogP contribution in [-0.2, 0) is 6.42 Å². The van der Waals surface area contributed by atoms with Crippen LogP contribution in [0.5, 0.6) is 0 Å². The third-order valence-corrected chi connectivity index (χ3v) is 3.62. The first-order valence-corrected chi connectivity index (χ1v) is 6.44. The van der Waals surface area contributed by atoms with Gasteiger partial charge in [0.25, 0.3) is 0 Å². The van der Waals surface area contributed by atoms with E-state index >= 15 is 0 Å². The highest BCUT2D eigenvalue weighted by Crippen LogP contribution is 2.08. The summed E-state index contributed by atoms with van der Waals surface area (Å²) in [7, 11) is 0. The van der Waals surface area contributed by atoms with E-state index in [1.807, 2.05) is 0 Å². The van der Waals surface area contributed by atoms with Gasteiger partial charge in [0.05, 0.1) is 0 Å². The van der Waals surface area contributed by atoms with Crippen molar-refractivity contribution in [3.05, 3.63) is 22.4 Å². The zero-order chi connectivity index (χ0) is 10.4. The van der Waals surface area contributed by atoms with Crippen LogP contribution in [0.1, 0.15) is 19.4 Å². The minimum absolute atomic E-state index is 0.248. The molecule has 0 spiro atoms. The summed E-state index contributed by atoms with van der Waals surface area (Å²) >= 11 is 7.87. The van der Waals surface area contributed by atoms with Crippen molar-refractivity contribution in [2.24, 2.45) is 5.92 Å². The number of halogens is 1. The number of hydrogen-bond acceptors (Lipinski definition) is 2. The lowest BCUT2D eigenvalue weighted by atomic mass is 10.1. The molecule has 0 aliphatic heterocycles. The third-order valence-electron chi connectivity index (χ3n) is 2.23. The van der Waals surface area contributed by atoms with E-state index in [0.29, 0.717) is 5.92 Å². The van der Waals surface area contributed by atoms with Gasteiger partial charge >= 0.3 is 0 Å². The van der Waals surface area contributed by atoms with Crippen LogP contribution in [0.15, 0.2) is 16.8 Å². The Balaban J connectivity index is 2.05. The highest BCUT2D eigenvalue weighted by atomic mass is 35.5. The van der Waals surface area contributed by atoms with Crippen molar-refractivity contribution in [1.82, 2.24) is 5.32 Å². The second kappa shape index (κ2) is 6.44. The SMILES string of the molecule is CC(C)C(Cl)CNCCc1ccsc1. The number of hydrogen-bond donors (Lipinski definition) is 1. The van der Waals surface area contributed by atoms with Gasteiger partial charge in [-0.25, -0.2) is 0 Å². The molecule has 0 aliphatic carbocycles. The van der Waals surface area contributed by atoms with Crippen LogP contribution >= 0.6 is 22.9 Å². The fraction of sp³-hybridized carbons (Fsp3) is 0.636. The minimum atomic E-state index is 0.248. The molecule has 1 aromatic rings. The summed E-state index contributed by atoms with van der Waals surface area (Å²) in [5.74, 6) is 0.547. The molecule has 1 nitrogen and oxygen atoms in total. The average molecular weight is 232 g/mol. The van der Waals surface area contributed by atoms with E-state index in [4.69, 9.17) is 11.6 Å². The van der Waals surface area contributed by atoms with Crippen LogP contribution in [0, 0.1) is 5.92 Å². The van der Waals surface area contributed by atoms with E-state index in [1.54, 1.807) is 11.3 Å². The lowest BCUT2D eigenvalue weighted by Crippen LogP contribution is -2.28. The van der Waals surface area contributed by atoms with Gasteiger partial charge in [-0.2, -0.15) is 11.3 Å². The second-order valence-corrected chi connectivity index (χ2v) is 5.19. The quantitative estimate of drug-likeness (QED) is 0.586. The molecule has 1 unspecified atom stereocenters. The Hall–Kier alpha value is -0.0500. The van der Waals surface area contributed by atoms with Crippen LogP contribution in [0.25, 0.3) is 0 Å². The van der Waals surface area contributed by atoms with Gasteiger partial charge in [0.1, 0.15) is 0 Å². The Morgan fingerprint density at radius 3 is 2.86 bits per heavy atom. The zero-order valence-corrected chi connectivity index (χ0v) is 10.4. The standard InChI is InChI=1S/C11H18ClNS/c1-9(2)11(12)7-13-5-3-10-4-6-14-8-10/h4,6,8-9,11,13H,3,5,7H2,1-2H3. The van der Waals surface area contributed by atoms with E-state index in [2.05, 4.69) is 36.0 Å². The molecule has 80 valence electrons. The topological polar surface area (TPSA) is 12.0 Å². The summed E-state index contributed by atoms with van der Waals surface area (Å²) < 4.78 is 0. The van der Waals surface area contributed by atoms with Crippen molar-refractivity contribution >= 4 is 22.9 Å². The molecule has 0 aromatic carbocycles. The third kappa shape index (κ3) is 4.45. The highest BCUT2D eigenvalue weighted by Gasteiger charge is 2.07. The Bertz CT molecular complexity index is 233. The van der Waals surface area contributed by atoms with Crippen molar-refractivity contribution in [1.29, 1.82) is 0 Å². The van der Waals surface area contributed by atoms with Gasteiger partial charge in [-0.15, -0.1) is 11.6 Å². The molecule has 0 saturated heterocycles. The van der Waals surface area contributed by atoms with Crippen LogP contribution < -0.4 is 5.32 Å². The molecule has 0 amide bonds. The molecule has 0 aliphatic rings. The number of thiophene rings is 1. The van der Waals surface area contributed by atoms with Gasteiger partial charge in [0.15, 0.2) is 0 Å². The maximum absolute atomic E-state index is 6.12. The Morgan fingerprint density at radius 2 is 2.29 bits per heavy atom. The monoisotopic (exact) mass is 231 g/mol. The Labute approximate surface area is 95.5 Å². The van der Waals surface area contributed by atoms with Crippen molar-refractivity contribution in [3.8, 4) is 0 Å². The van der Waals surface area contributed by atoms with Crippen LogP contribution in [0.4, 0.5) is 0 Å². The molecular formula is C11H18ClNS. The van der Waals surface area contributed by atoms with Crippen LogP contribution in [0.2, 0.25) is 0 Å². The smallest absolute Gasteiger partial charge is 0.0483 e. The first-order chi connectivity index (χ1) is 6.70. The van der Waals surface area contributed by atoms with Gasteiger partial charge in [0, 0.05) is 11.9 Å². The van der Waals surface area contributed by atoms with Crippen molar-refractivity contribution in [2.75, 3.05) is 13.1 Å². The Morgan fingerprint density at radius 1 is 1.50 bits per heavy atom. The molecule has 1 aromatic heterocycles. The van der Waals surface area contributed by atoms with Crippen LogP contribution in [0.3, 0.4) is 0 Å². The summed E-state index contributed by atoms with van der Waals surface area (Å²) in [5.41, 5.74) is 1.41. The average Bonchev–Trinajstić information content (AvgIpc) is 2.64. The maximum atomic E-state index is 6.12. The molecule has 0 radical (unpaired) electrons. The van der Waals surface area contributed by atoms with Crippen LogP contribution in [-0.4, -0.2) is 18.5 Å². The molecule has 1 heterocycles. The lowest BCUT2D eigenvalue weighted by molar-refractivity contribution is 0.547. The molecular weight excluding hydrogens is 214 g/mol. The van der Waals surface area contributed by atoms with Crippen molar-refractivity contribution in [2.45, 2.75) is 25.6 Å². The van der Waals surface area contributed by atoms with Crippen molar-refractivity contribution < 1.29 is 0 Å². The normalized spacial score (nSPS) is 13.4. The molecule has 0 bridgehead atoms. The zero-order valence-electron chi connectivity index (χ0n) is 8.79. The molecule has 3 heteroatoms. The summed E-state index contributed by atoms with van der Waals surface area (Å²) in [4.78, 5) is 0. The first-order valence-electron chi connectivity index (χ1n) is 5.06. The molecule has 0 saturated carbocycles. The van der Waals surface area contributed by atoms with Gasteiger partial charge < -0.3 is 5.32 Å². The first kappa shape index (κ1) is 12.0. The fourth-order valence-corrected chi connectivity index (χ4v) is 1.96. The van der Waals surface area contributed by atoms with E-state index in [9.17, 15) is 0 Å². The highest BCUT2D eigenvalue weighted by molar-refractivity contribution is 7.07. The van der Waals surface area contributed by atoms with E-state index in [-0.39, 0.29) is 5.38 Å². The predicted molar refractivity (Wildman–Crippen MR) is 65.4 cm³/mol. The molecule has 1 rings (SSSR count). The summed E-state index contributed by atoms with van der Waals surface area (Å²) in [6, 6.07) is 2.17. The largest absolute Gasteiger partial charge is 0.315 e. The maximum Gasteiger partial charge on any atom is 0.0483 e. The number of alkyl halides is 1. The fourth-order valence-electron chi connectivity index (χ4n) is 1.14.